The number of aromatic nitrogens is 6. The molecule has 0 aromatic carbocycles. The summed E-state index contributed by atoms with van der Waals surface area (Å²) in [4.78, 5) is 0. The van der Waals surface area contributed by atoms with Crippen LogP contribution in [-0.4, -0.2) is 25.5 Å². The third-order valence-corrected chi connectivity index (χ3v) is 2.16. The molecule has 0 aliphatic heterocycles. The smallest absolute Gasteiger partial charge is 0.618 e. The van der Waals surface area contributed by atoms with Crippen molar-refractivity contribution in [2.24, 2.45) is 0 Å². The largest absolute Gasteiger partial charge is 2.00 e. The molecule has 41 heavy (non-hydrogen) atoms. The molecule has 0 unspecified atom stereocenters. The molecule has 0 fully saturated rings. The van der Waals surface area contributed by atoms with Crippen LogP contribution in [0, 0.1) is 31.2 Å². The van der Waals surface area contributed by atoms with Gasteiger partial charge in [-0.3, -0.25) is 0 Å². The van der Waals surface area contributed by atoms with E-state index in [9.17, 15) is 65.8 Å². The summed E-state index contributed by atoms with van der Waals surface area (Å²) in [6.07, 6.45) is 13.6. The normalized spacial score (nSPS) is 8.20. The van der Waals surface area contributed by atoms with Crippen molar-refractivity contribution in [3.05, 3.63) is 106 Å². The van der Waals surface area contributed by atoms with Crippen molar-refractivity contribution in [2.75, 3.05) is 0 Å². The Hall–Kier alpha value is -4.11. The van der Waals surface area contributed by atoms with E-state index in [1.54, 1.807) is 0 Å². The maximum absolute atomic E-state index is 10.2. The van der Waals surface area contributed by atoms with Gasteiger partial charge in [-0.2, -0.15) is 28.4 Å². The quantitative estimate of drug-likeness (QED) is 0.0728. The Morgan fingerprint density at radius 1 is 0.317 bits per heavy atom. The SMILES string of the molecule is F[B-](F)(F)F.F[B-](F)(F)F.O.O.[Cu+2].[O-][n+]1cc[n+]([O-])cc1.[O-][n+]1cc[n+]([O-])cc1.[O-][n+]1cc[n+]([O-])cc1.[OH3+].[OH3+].[OH3+].[OH3+]. The van der Waals surface area contributed by atoms with Crippen LogP contribution >= 0.6 is 0 Å². The Morgan fingerprint density at radius 2 is 0.366 bits per heavy atom. The van der Waals surface area contributed by atoms with E-state index >= 15 is 0 Å². The molecule has 3 heterocycles. The van der Waals surface area contributed by atoms with E-state index in [-0.39, 0.29) is 49.9 Å². The Bertz CT molecular complexity index is 752. The molecule has 0 aliphatic carbocycles. The summed E-state index contributed by atoms with van der Waals surface area (Å²) in [5, 5.41) is 61.1. The molecular formula is C12H28B2CuF8N6O12+4. The summed E-state index contributed by atoms with van der Waals surface area (Å²) in [5.41, 5.74) is 0. The van der Waals surface area contributed by atoms with Crippen molar-refractivity contribution in [1.29, 1.82) is 0 Å². The van der Waals surface area contributed by atoms with Gasteiger partial charge in [-0.25, -0.2) is 0 Å². The van der Waals surface area contributed by atoms with E-state index in [1.807, 2.05) is 0 Å². The van der Waals surface area contributed by atoms with Gasteiger partial charge in [0, 0.05) is 0 Å². The molecule has 3 aromatic heterocycles. The maximum atomic E-state index is 10.2. The van der Waals surface area contributed by atoms with Crippen molar-refractivity contribution in [2.45, 2.75) is 0 Å². The molecule has 1 radical (unpaired) electrons. The van der Waals surface area contributed by atoms with Crippen molar-refractivity contribution in [3.8, 4) is 0 Å². The second-order valence-corrected chi connectivity index (χ2v) is 4.94. The van der Waals surface area contributed by atoms with Gasteiger partial charge in [0.15, 0.2) is 0 Å². The zero-order valence-corrected chi connectivity index (χ0v) is 20.8. The molecule has 0 atom stereocenters. The monoisotopic (exact) mass is 685 g/mol. The number of rotatable bonds is 0. The van der Waals surface area contributed by atoms with Crippen molar-refractivity contribution >= 4 is 14.5 Å². The Labute approximate surface area is 233 Å². The number of hydrogen-bond donors (Lipinski definition) is 0. The van der Waals surface area contributed by atoms with Crippen LogP contribution in [0.4, 0.5) is 34.5 Å². The van der Waals surface area contributed by atoms with Crippen LogP contribution in [-0.2, 0) is 39.0 Å². The molecule has 18 nitrogen and oxygen atoms in total. The minimum absolute atomic E-state index is 0. The first kappa shape index (κ1) is 61.1. The molecule has 0 spiro atoms. The van der Waals surface area contributed by atoms with E-state index in [0.29, 0.717) is 28.4 Å². The second kappa shape index (κ2) is 30.4. The fourth-order valence-electron chi connectivity index (χ4n) is 1.09. The topological polar surface area (TPSA) is 357 Å². The van der Waals surface area contributed by atoms with Gasteiger partial charge in [0.2, 0.25) is 74.4 Å². The molecule has 16 N–H and O–H groups in total. The van der Waals surface area contributed by atoms with Gasteiger partial charge >= 0.3 is 31.6 Å². The summed E-state index contributed by atoms with van der Waals surface area (Å²) in [6.45, 7) is 0. The van der Waals surface area contributed by atoms with Crippen LogP contribution in [0.3, 0.4) is 0 Å². The third kappa shape index (κ3) is 61.5. The zero-order valence-electron chi connectivity index (χ0n) is 19.9. The summed E-state index contributed by atoms with van der Waals surface area (Å²) < 4.78 is 81.3. The van der Waals surface area contributed by atoms with Crippen LogP contribution in [0.25, 0.3) is 0 Å². The zero-order chi connectivity index (χ0) is 26.9. The maximum Gasteiger partial charge on any atom is 2.00 e. The van der Waals surface area contributed by atoms with Crippen molar-refractivity contribution < 1.29 is 113 Å². The van der Waals surface area contributed by atoms with E-state index in [4.69, 9.17) is 0 Å². The summed E-state index contributed by atoms with van der Waals surface area (Å²) >= 11 is 0. The fourth-order valence-corrected chi connectivity index (χ4v) is 1.09. The standard InChI is InChI=1S/3C4H4N2O2.2BF4.Cu.6H2O/c3*7-5-1-2-6(8)4-3-5;2*2-1(3,4)5;;;;;;;/h3*1-4H;;;;6*1H2/q;;;2*-1;+2;;;;;;/p+4. The first-order valence-electron chi connectivity index (χ1n) is 7.94. The Morgan fingerprint density at radius 3 is 0.415 bits per heavy atom. The van der Waals surface area contributed by atoms with E-state index in [2.05, 4.69) is 0 Å². The van der Waals surface area contributed by atoms with Gasteiger partial charge < -0.3 is 98.6 Å². The first-order chi connectivity index (χ1) is 15.4. The minimum atomic E-state index is -6.00. The Kier molecular flexibility index (Phi) is 45.3. The van der Waals surface area contributed by atoms with Crippen LogP contribution < -0.4 is 28.4 Å². The summed E-state index contributed by atoms with van der Waals surface area (Å²) in [5.74, 6) is 0. The average Bonchev–Trinajstić information content (AvgIpc) is 2.67. The molecule has 0 amide bonds. The summed E-state index contributed by atoms with van der Waals surface area (Å²) in [6, 6.07) is 0. The van der Waals surface area contributed by atoms with Crippen LogP contribution in [0.1, 0.15) is 0 Å². The van der Waals surface area contributed by atoms with Crippen LogP contribution in [0.2, 0.25) is 0 Å². The van der Waals surface area contributed by atoms with Gasteiger partial charge in [0.1, 0.15) is 0 Å². The van der Waals surface area contributed by atoms with E-state index in [0.717, 1.165) is 74.4 Å². The third-order valence-electron chi connectivity index (χ3n) is 2.16. The van der Waals surface area contributed by atoms with E-state index < -0.39 is 14.5 Å². The minimum Gasteiger partial charge on any atom is -0.618 e. The summed E-state index contributed by atoms with van der Waals surface area (Å²) in [7, 11) is -12.0. The predicted molar refractivity (Wildman–Crippen MR) is 120 cm³/mol. The van der Waals surface area contributed by atoms with Crippen molar-refractivity contribution in [3.63, 3.8) is 0 Å². The molecule has 0 bridgehead atoms. The Balaban J connectivity index is -0.0000000434. The molecule has 247 valence electrons. The first-order valence-corrected chi connectivity index (χ1v) is 7.94. The number of hydrogen-bond acceptors (Lipinski definition) is 6. The number of nitrogens with zero attached hydrogens (tertiary/aromatic N) is 6. The van der Waals surface area contributed by atoms with Gasteiger partial charge in [0.25, 0.3) is 0 Å². The van der Waals surface area contributed by atoms with Gasteiger partial charge in [-0.1, -0.05) is 0 Å². The fraction of sp³-hybridized carbons (Fsp3) is 0. The van der Waals surface area contributed by atoms with Gasteiger partial charge in [-0.15, -0.1) is 0 Å². The average molecular weight is 686 g/mol. The van der Waals surface area contributed by atoms with Crippen molar-refractivity contribution in [1.82, 2.24) is 0 Å². The van der Waals surface area contributed by atoms with Gasteiger partial charge in [-0.05, 0) is 0 Å². The molecule has 29 heteroatoms. The molecule has 0 saturated carbocycles. The van der Waals surface area contributed by atoms with E-state index in [1.165, 1.54) is 0 Å². The van der Waals surface area contributed by atoms with Crippen LogP contribution in [0.5, 0.6) is 0 Å². The molecule has 0 aliphatic rings. The number of halogens is 8. The molecule has 3 rings (SSSR count). The molecular weight excluding hydrogens is 657 g/mol. The van der Waals surface area contributed by atoms with Crippen LogP contribution in [0.15, 0.2) is 74.4 Å². The second-order valence-electron chi connectivity index (χ2n) is 4.94. The molecule has 0 saturated heterocycles. The predicted octanol–water partition coefficient (Wildman–Crippen LogP) is -5.88. The molecule has 3 aromatic rings. The van der Waals surface area contributed by atoms with Gasteiger partial charge in [0.05, 0.1) is 0 Å².